The van der Waals surface area contributed by atoms with Gasteiger partial charge in [0.2, 0.25) is 0 Å². The molecule has 2 N–H and O–H groups in total. The number of benzene rings is 2. The number of alkyl halides is 2. The summed E-state index contributed by atoms with van der Waals surface area (Å²) in [5.41, 5.74) is 1.59. The van der Waals surface area contributed by atoms with Crippen LogP contribution in [0.3, 0.4) is 0 Å². The molecule has 0 spiro atoms. The molecule has 0 heterocycles. The Morgan fingerprint density at radius 1 is 1.14 bits per heavy atom. The van der Waals surface area contributed by atoms with E-state index in [1.165, 1.54) is 12.1 Å². The third-order valence-electron chi connectivity index (χ3n) is 2.72. The van der Waals surface area contributed by atoms with Crippen molar-refractivity contribution in [1.29, 1.82) is 0 Å². The summed E-state index contributed by atoms with van der Waals surface area (Å²) in [6.07, 6.45) is 0. The van der Waals surface area contributed by atoms with E-state index in [9.17, 15) is 8.78 Å². The maximum absolute atomic E-state index is 12.0. The molecule has 0 amide bonds. The number of hydrogen-bond donors (Lipinski definition) is 2. The van der Waals surface area contributed by atoms with Crippen LogP contribution in [0.4, 0.5) is 14.5 Å². The van der Waals surface area contributed by atoms with Crippen molar-refractivity contribution in [2.24, 2.45) is 0 Å². The molecule has 0 bridgehead atoms. The first kappa shape index (κ1) is 16.5. The summed E-state index contributed by atoms with van der Waals surface area (Å²) in [4.78, 5) is 0. The summed E-state index contributed by atoms with van der Waals surface area (Å²) >= 11 is 11.2. The summed E-state index contributed by atoms with van der Waals surface area (Å²) < 4.78 is 28.4. The highest BCUT2D eigenvalue weighted by molar-refractivity contribution is 7.80. The second-order valence-electron chi connectivity index (χ2n) is 4.31. The number of hydrogen-bond acceptors (Lipinski definition) is 2. The molecule has 0 aromatic heterocycles. The van der Waals surface area contributed by atoms with Gasteiger partial charge in [-0.2, -0.15) is 8.78 Å². The van der Waals surface area contributed by atoms with E-state index in [1.807, 2.05) is 18.2 Å². The van der Waals surface area contributed by atoms with Crippen LogP contribution in [0, 0.1) is 0 Å². The van der Waals surface area contributed by atoms with Gasteiger partial charge in [-0.25, -0.2) is 0 Å². The maximum atomic E-state index is 12.0. The molecular formula is C15H13ClF2N2OS. The van der Waals surface area contributed by atoms with Crippen LogP contribution >= 0.6 is 23.8 Å². The summed E-state index contributed by atoms with van der Waals surface area (Å²) in [5, 5.41) is 6.98. The van der Waals surface area contributed by atoms with Gasteiger partial charge in [-0.1, -0.05) is 35.9 Å². The molecule has 2 rings (SSSR count). The van der Waals surface area contributed by atoms with E-state index in [-0.39, 0.29) is 5.75 Å². The lowest BCUT2D eigenvalue weighted by atomic mass is 10.2. The van der Waals surface area contributed by atoms with Gasteiger partial charge in [0.1, 0.15) is 5.75 Å². The molecular weight excluding hydrogens is 330 g/mol. The van der Waals surface area contributed by atoms with E-state index in [1.54, 1.807) is 18.2 Å². The molecule has 0 fully saturated rings. The summed E-state index contributed by atoms with van der Waals surface area (Å²) in [7, 11) is 0. The van der Waals surface area contributed by atoms with E-state index < -0.39 is 6.61 Å². The van der Waals surface area contributed by atoms with E-state index in [0.29, 0.717) is 22.4 Å². The van der Waals surface area contributed by atoms with Gasteiger partial charge in [0.25, 0.3) is 0 Å². The van der Waals surface area contributed by atoms with Gasteiger partial charge in [0.05, 0.1) is 10.7 Å². The van der Waals surface area contributed by atoms with E-state index in [2.05, 4.69) is 15.4 Å². The second kappa shape index (κ2) is 7.91. The smallest absolute Gasteiger partial charge is 0.387 e. The van der Waals surface area contributed by atoms with Gasteiger partial charge in [-0.05, 0) is 42.0 Å². The number of ether oxygens (including phenoxy) is 1. The largest absolute Gasteiger partial charge is 0.435 e. The molecule has 2 aromatic rings. The van der Waals surface area contributed by atoms with Crippen molar-refractivity contribution in [3.05, 3.63) is 59.1 Å². The lowest BCUT2D eigenvalue weighted by Crippen LogP contribution is -2.27. The number of anilines is 1. The van der Waals surface area contributed by atoms with Gasteiger partial charge in [-0.15, -0.1) is 0 Å². The number of thiocarbonyl (C=S) groups is 1. The molecule has 0 aliphatic rings. The van der Waals surface area contributed by atoms with E-state index >= 15 is 0 Å². The maximum Gasteiger partial charge on any atom is 0.387 e. The zero-order valence-electron chi connectivity index (χ0n) is 11.4. The second-order valence-corrected chi connectivity index (χ2v) is 5.13. The van der Waals surface area contributed by atoms with Gasteiger partial charge in [0.15, 0.2) is 5.11 Å². The minimum Gasteiger partial charge on any atom is -0.435 e. The first-order valence-electron chi connectivity index (χ1n) is 6.38. The number of rotatable bonds is 5. The molecule has 0 aliphatic heterocycles. The number of nitrogens with one attached hydrogen (secondary N) is 2. The predicted octanol–water partition coefficient (Wildman–Crippen LogP) is 4.43. The van der Waals surface area contributed by atoms with E-state index in [4.69, 9.17) is 23.8 Å². The van der Waals surface area contributed by atoms with Gasteiger partial charge >= 0.3 is 6.61 Å². The third kappa shape index (κ3) is 5.13. The van der Waals surface area contributed by atoms with Crippen molar-refractivity contribution in [2.45, 2.75) is 13.2 Å². The molecule has 116 valence electrons. The van der Waals surface area contributed by atoms with Crippen LogP contribution in [-0.2, 0) is 6.54 Å². The molecule has 7 heteroatoms. The fourth-order valence-electron chi connectivity index (χ4n) is 1.70. The average molecular weight is 343 g/mol. The molecule has 3 nitrogen and oxygen atoms in total. The van der Waals surface area contributed by atoms with Crippen LogP contribution in [0.25, 0.3) is 0 Å². The molecule has 0 radical (unpaired) electrons. The standard InChI is InChI=1S/C15H13ClF2N2OS/c16-12-3-1-2-4-13(12)20-15(22)19-9-10-5-7-11(8-6-10)21-14(17)18/h1-8,14H,9H2,(H2,19,20,22). The minimum atomic E-state index is -2.82. The van der Waals surface area contributed by atoms with Crippen molar-refractivity contribution in [1.82, 2.24) is 5.32 Å². The van der Waals surface area contributed by atoms with Crippen molar-refractivity contribution in [3.63, 3.8) is 0 Å². The van der Waals surface area contributed by atoms with Gasteiger partial charge in [-0.3, -0.25) is 0 Å². The summed E-state index contributed by atoms with van der Waals surface area (Å²) in [6, 6.07) is 13.6. The van der Waals surface area contributed by atoms with Crippen LogP contribution in [0.1, 0.15) is 5.56 Å². The quantitative estimate of drug-likeness (QED) is 0.788. The minimum absolute atomic E-state index is 0.121. The van der Waals surface area contributed by atoms with Crippen LogP contribution in [-0.4, -0.2) is 11.7 Å². The van der Waals surface area contributed by atoms with E-state index in [0.717, 1.165) is 5.56 Å². The molecule has 0 atom stereocenters. The highest BCUT2D eigenvalue weighted by Gasteiger charge is 2.04. The molecule has 0 unspecified atom stereocenters. The van der Waals surface area contributed by atoms with Crippen molar-refractivity contribution in [3.8, 4) is 5.75 Å². The molecule has 0 aliphatic carbocycles. The van der Waals surface area contributed by atoms with Gasteiger partial charge in [0, 0.05) is 6.54 Å². The summed E-state index contributed by atoms with van der Waals surface area (Å²) in [5.74, 6) is 0.121. The van der Waals surface area contributed by atoms with Gasteiger partial charge < -0.3 is 15.4 Å². The Hall–Kier alpha value is -1.92. The lowest BCUT2D eigenvalue weighted by Gasteiger charge is -2.12. The Labute approximate surface area is 137 Å². The van der Waals surface area contributed by atoms with Crippen LogP contribution < -0.4 is 15.4 Å². The van der Waals surface area contributed by atoms with Crippen LogP contribution in [0.15, 0.2) is 48.5 Å². The third-order valence-corrected chi connectivity index (χ3v) is 3.30. The summed E-state index contributed by atoms with van der Waals surface area (Å²) in [6.45, 7) is -2.37. The zero-order valence-corrected chi connectivity index (χ0v) is 12.9. The monoisotopic (exact) mass is 342 g/mol. The lowest BCUT2D eigenvalue weighted by molar-refractivity contribution is -0.0498. The Kier molecular flexibility index (Phi) is 5.91. The molecule has 2 aromatic carbocycles. The predicted molar refractivity (Wildman–Crippen MR) is 87.6 cm³/mol. The Bertz CT molecular complexity index is 638. The SMILES string of the molecule is FC(F)Oc1ccc(CNC(=S)Nc2ccccc2Cl)cc1. The zero-order chi connectivity index (χ0) is 15.9. The van der Waals surface area contributed by atoms with Crippen molar-refractivity contribution >= 4 is 34.6 Å². The number of para-hydroxylation sites is 1. The topological polar surface area (TPSA) is 33.3 Å². The molecule has 22 heavy (non-hydrogen) atoms. The van der Waals surface area contributed by atoms with Crippen LogP contribution in [0.5, 0.6) is 5.75 Å². The average Bonchev–Trinajstić information content (AvgIpc) is 2.48. The highest BCUT2D eigenvalue weighted by Crippen LogP contribution is 2.20. The Morgan fingerprint density at radius 2 is 1.82 bits per heavy atom. The van der Waals surface area contributed by atoms with Crippen molar-refractivity contribution < 1.29 is 13.5 Å². The highest BCUT2D eigenvalue weighted by atomic mass is 35.5. The Morgan fingerprint density at radius 3 is 2.45 bits per heavy atom. The fraction of sp³-hybridized carbons (Fsp3) is 0.133. The molecule has 0 saturated heterocycles. The number of halogens is 3. The van der Waals surface area contributed by atoms with Crippen LogP contribution in [0.2, 0.25) is 5.02 Å². The normalized spacial score (nSPS) is 10.4. The first-order valence-corrected chi connectivity index (χ1v) is 7.16. The first-order chi connectivity index (χ1) is 10.5. The fourth-order valence-corrected chi connectivity index (χ4v) is 2.07. The van der Waals surface area contributed by atoms with Crippen molar-refractivity contribution in [2.75, 3.05) is 5.32 Å². The molecule has 0 saturated carbocycles. The Balaban J connectivity index is 1.85.